The van der Waals surface area contributed by atoms with Crippen molar-refractivity contribution in [3.05, 3.63) is 17.7 Å². The van der Waals surface area contributed by atoms with Gasteiger partial charge in [0.2, 0.25) is 0 Å². The van der Waals surface area contributed by atoms with Crippen LogP contribution < -0.4 is 10.2 Å². The third-order valence-electron chi connectivity index (χ3n) is 3.08. The molecule has 0 aliphatic carbocycles. The van der Waals surface area contributed by atoms with Gasteiger partial charge in [-0.15, -0.1) is 0 Å². The normalized spacial score (nSPS) is 16.8. The van der Waals surface area contributed by atoms with Crippen molar-refractivity contribution < 1.29 is 13.2 Å². The van der Waals surface area contributed by atoms with E-state index >= 15 is 0 Å². The lowest BCUT2D eigenvalue weighted by atomic mass is 10.1. The van der Waals surface area contributed by atoms with E-state index in [1.807, 2.05) is 4.90 Å². The van der Waals surface area contributed by atoms with E-state index in [0.29, 0.717) is 5.82 Å². The molecular weight excluding hydrogens is 243 g/mol. The van der Waals surface area contributed by atoms with Crippen molar-refractivity contribution in [3.8, 4) is 0 Å². The average Bonchev–Trinajstić information content (AvgIpc) is 2.38. The summed E-state index contributed by atoms with van der Waals surface area (Å²) in [6, 6.07) is 2.17. The molecule has 1 saturated heterocycles. The molecule has 0 saturated carbocycles. The number of nitrogens with one attached hydrogen (secondary N) is 1. The summed E-state index contributed by atoms with van der Waals surface area (Å²) in [4.78, 5) is 6.12. The molecule has 1 aromatic heterocycles. The van der Waals surface area contributed by atoms with Crippen molar-refractivity contribution in [1.29, 1.82) is 0 Å². The highest BCUT2D eigenvalue weighted by Crippen LogP contribution is 2.33. The fraction of sp³-hybridized carbons (Fsp3) is 0.583. The minimum absolute atomic E-state index is 0.255. The molecule has 0 unspecified atom stereocenters. The monoisotopic (exact) mass is 259 g/mol. The first kappa shape index (κ1) is 13.0. The number of nitrogens with zero attached hydrogens (tertiary/aromatic N) is 2. The molecule has 1 fully saturated rings. The second-order valence-corrected chi connectivity index (χ2v) is 4.39. The van der Waals surface area contributed by atoms with E-state index in [2.05, 4.69) is 10.3 Å². The Morgan fingerprint density at radius 2 is 1.83 bits per heavy atom. The summed E-state index contributed by atoms with van der Waals surface area (Å²) in [5, 5.41) is 2.68. The van der Waals surface area contributed by atoms with Crippen molar-refractivity contribution in [2.45, 2.75) is 25.4 Å². The largest absolute Gasteiger partial charge is 0.416 e. The molecule has 0 radical (unpaired) electrons. The quantitative estimate of drug-likeness (QED) is 0.884. The first-order chi connectivity index (χ1) is 8.50. The van der Waals surface area contributed by atoms with Gasteiger partial charge in [0, 0.05) is 20.1 Å². The molecule has 0 bridgehead atoms. The maximum Gasteiger partial charge on any atom is 0.416 e. The van der Waals surface area contributed by atoms with Crippen LogP contribution in [0.5, 0.6) is 0 Å². The van der Waals surface area contributed by atoms with Crippen molar-refractivity contribution in [2.75, 3.05) is 30.4 Å². The van der Waals surface area contributed by atoms with E-state index in [0.717, 1.165) is 44.5 Å². The van der Waals surface area contributed by atoms with E-state index in [1.54, 1.807) is 7.05 Å². The number of hydrogen-bond acceptors (Lipinski definition) is 3. The molecule has 1 N–H and O–H groups in total. The number of anilines is 2. The third-order valence-corrected chi connectivity index (χ3v) is 3.08. The van der Waals surface area contributed by atoms with Crippen LogP contribution in [-0.4, -0.2) is 25.1 Å². The summed E-state index contributed by atoms with van der Waals surface area (Å²) < 4.78 is 38.3. The van der Waals surface area contributed by atoms with Crippen LogP contribution in [0.4, 0.5) is 24.8 Å². The molecule has 2 heterocycles. The minimum atomic E-state index is -4.33. The lowest BCUT2D eigenvalue weighted by Gasteiger charge is -2.28. The van der Waals surface area contributed by atoms with Gasteiger partial charge in [0.1, 0.15) is 11.6 Å². The van der Waals surface area contributed by atoms with Gasteiger partial charge in [0.25, 0.3) is 0 Å². The van der Waals surface area contributed by atoms with Gasteiger partial charge in [0.05, 0.1) is 5.56 Å². The van der Waals surface area contributed by atoms with Crippen LogP contribution in [0, 0.1) is 0 Å². The molecule has 6 heteroatoms. The lowest BCUT2D eigenvalue weighted by Crippen LogP contribution is -2.30. The van der Waals surface area contributed by atoms with Gasteiger partial charge in [-0.2, -0.15) is 13.2 Å². The van der Waals surface area contributed by atoms with Crippen molar-refractivity contribution in [1.82, 2.24) is 4.98 Å². The number of aromatic nitrogens is 1. The van der Waals surface area contributed by atoms with Crippen LogP contribution in [0.15, 0.2) is 12.1 Å². The Morgan fingerprint density at radius 1 is 1.17 bits per heavy atom. The molecule has 0 spiro atoms. The van der Waals surface area contributed by atoms with Gasteiger partial charge in [-0.3, -0.25) is 0 Å². The smallest absolute Gasteiger partial charge is 0.373 e. The van der Waals surface area contributed by atoms with Gasteiger partial charge in [-0.05, 0) is 31.4 Å². The number of alkyl halides is 3. The first-order valence-corrected chi connectivity index (χ1v) is 6.02. The van der Waals surface area contributed by atoms with E-state index in [-0.39, 0.29) is 5.82 Å². The second kappa shape index (κ2) is 5.04. The Kier molecular flexibility index (Phi) is 3.63. The van der Waals surface area contributed by atoms with Gasteiger partial charge in [-0.1, -0.05) is 0 Å². The van der Waals surface area contributed by atoms with Gasteiger partial charge in [-0.25, -0.2) is 4.98 Å². The number of rotatable bonds is 2. The van der Waals surface area contributed by atoms with Crippen LogP contribution in [0.3, 0.4) is 0 Å². The van der Waals surface area contributed by atoms with Crippen LogP contribution >= 0.6 is 0 Å². The van der Waals surface area contributed by atoms with E-state index in [1.165, 1.54) is 0 Å². The third kappa shape index (κ3) is 2.86. The Morgan fingerprint density at radius 3 is 2.39 bits per heavy atom. The Bertz CT molecular complexity index is 412. The van der Waals surface area contributed by atoms with Crippen molar-refractivity contribution in [2.24, 2.45) is 0 Å². The van der Waals surface area contributed by atoms with Crippen LogP contribution in [0.1, 0.15) is 24.8 Å². The molecule has 1 aliphatic rings. The Labute approximate surface area is 104 Å². The standard InChI is InChI=1S/C12H16F3N3/c1-16-10-7-9(12(13,14)15)8-11(17-10)18-5-3-2-4-6-18/h7-8H,2-6H2,1H3,(H,16,17). The molecule has 3 nitrogen and oxygen atoms in total. The highest BCUT2D eigenvalue weighted by Gasteiger charge is 2.32. The first-order valence-electron chi connectivity index (χ1n) is 6.02. The van der Waals surface area contributed by atoms with Crippen molar-refractivity contribution >= 4 is 11.6 Å². The summed E-state index contributed by atoms with van der Waals surface area (Å²) in [6.07, 6.45) is -1.19. The fourth-order valence-electron chi connectivity index (χ4n) is 2.09. The second-order valence-electron chi connectivity index (χ2n) is 4.39. The fourth-order valence-corrected chi connectivity index (χ4v) is 2.09. The van der Waals surface area contributed by atoms with E-state index < -0.39 is 11.7 Å². The zero-order chi connectivity index (χ0) is 13.2. The molecule has 0 aromatic carbocycles. The molecule has 18 heavy (non-hydrogen) atoms. The summed E-state index contributed by atoms with van der Waals surface area (Å²) >= 11 is 0. The van der Waals surface area contributed by atoms with Crippen LogP contribution in [0.25, 0.3) is 0 Å². The number of piperidine rings is 1. The molecule has 100 valence electrons. The predicted molar refractivity (Wildman–Crippen MR) is 64.8 cm³/mol. The molecule has 0 atom stereocenters. The topological polar surface area (TPSA) is 28.2 Å². The van der Waals surface area contributed by atoms with Crippen LogP contribution in [-0.2, 0) is 6.18 Å². The average molecular weight is 259 g/mol. The maximum atomic E-state index is 12.8. The SMILES string of the molecule is CNc1cc(C(F)(F)F)cc(N2CCCCC2)n1. The van der Waals surface area contributed by atoms with Gasteiger partial charge in [0.15, 0.2) is 0 Å². The molecule has 1 aromatic rings. The number of halogens is 3. The number of pyridine rings is 1. The highest BCUT2D eigenvalue weighted by molar-refractivity contribution is 5.51. The van der Waals surface area contributed by atoms with Crippen molar-refractivity contribution in [3.63, 3.8) is 0 Å². The zero-order valence-electron chi connectivity index (χ0n) is 10.2. The summed E-state index contributed by atoms with van der Waals surface area (Å²) in [5.41, 5.74) is -0.651. The summed E-state index contributed by atoms with van der Waals surface area (Å²) in [7, 11) is 1.57. The minimum Gasteiger partial charge on any atom is -0.373 e. The molecule has 2 rings (SSSR count). The van der Waals surface area contributed by atoms with Gasteiger partial charge < -0.3 is 10.2 Å². The summed E-state index contributed by atoms with van der Waals surface area (Å²) in [6.45, 7) is 1.55. The van der Waals surface area contributed by atoms with Crippen LogP contribution in [0.2, 0.25) is 0 Å². The molecular formula is C12H16F3N3. The summed E-state index contributed by atoms with van der Waals surface area (Å²) in [5.74, 6) is 0.666. The lowest BCUT2D eigenvalue weighted by molar-refractivity contribution is -0.137. The number of hydrogen-bond donors (Lipinski definition) is 1. The molecule has 0 amide bonds. The van der Waals surface area contributed by atoms with Gasteiger partial charge >= 0.3 is 6.18 Å². The zero-order valence-corrected chi connectivity index (χ0v) is 10.2. The Balaban J connectivity index is 2.34. The molecule has 1 aliphatic heterocycles. The predicted octanol–water partition coefficient (Wildman–Crippen LogP) is 3.13. The highest BCUT2D eigenvalue weighted by atomic mass is 19.4. The Hall–Kier alpha value is -1.46. The van der Waals surface area contributed by atoms with E-state index in [9.17, 15) is 13.2 Å². The maximum absolute atomic E-state index is 12.8. The van der Waals surface area contributed by atoms with E-state index in [4.69, 9.17) is 0 Å².